The first-order valence-corrected chi connectivity index (χ1v) is 5.38. The lowest BCUT2D eigenvalue weighted by Gasteiger charge is -2.27. The number of aliphatic carboxylic acids is 1. The molecule has 1 fully saturated rings. The van der Waals surface area contributed by atoms with Gasteiger partial charge in [0.1, 0.15) is 0 Å². The van der Waals surface area contributed by atoms with Crippen molar-refractivity contribution < 1.29 is 14.6 Å². The van der Waals surface area contributed by atoms with Crippen LogP contribution in [0.1, 0.15) is 19.3 Å². The van der Waals surface area contributed by atoms with Gasteiger partial charge < -0.3 is 9.84 Å². The first-order valence-electron chi connectivity index (χ1n) is 5.38. The first kappa shape index (κ1) is 12.2. The van der Waals surface area contributed by atoms with Gasteiger partial charge in [-0.15, -0.1) is 6.58 Å². The van der Waals surface area contributed by atoms with Crippen LogP contribution in [0.2, 0.25) is 0 Å². The average Bonchev–Trinajstić information content (AvgIpc) is 2.44. The molecule has 0 saturated carbocycles. The van der Waals surface area contributed by atoms with E-state index in [0.29, 0.717) is 12.6 Å². The van der Waals surface area contributed by atoms with Crippen LogP contribution in [0, 0.1) is 0 Å². The second kappa shape index (κ2) is 6.58. The van der Waals surface area contributed by atoms with Crippen molar-refractivity contribution in [2.45, 2.75) is 25.3 Å². The Morgan fingerprint density at radius 1 is 1.53 bits per heavy atom. The van der Waals surface area contributed by atoms with Gasteiger partial charge in [0.2, 0.25) is 0 Å². The summed E-state index contributed by atoms with van der Waals surface area (Å²) in [5.41, 5.74) is 0. The van der Waals surface area contributed by atoms with Crippen LogP contribution in [0.25, 0.3) is 0 Å². The van der Waals surface area contributed by atoms with E-state index in [1.165, 1.54) is 0 Å². The van der Waals surface area contributed by atoms with E-state index in [9.17, 15) is 4.79 Å². The van der Waals surface area contributed by atoms with Crippen molar-refractivity contribution in [3.8, 4) is 0 Å². The van der Waals surface area contributed by atoms with E-state index in [1.54, 1.807) is 6.08 Å². The van der Waals surface area contributed by atoms with Crippen molar-refractivity contribution in [2.24, 2.45) is 0 Å². The molecule has 0 bridgehead atoms. The molecule has 1 aliphatic rings. The molecule has 1 rings (SSSR count). The summed E-state index contributed by atoms with van der Waals surface area (Å²) in [6.45, 7) is 5.92. The molecular formula is C11H19NO3. The fraction of sp³-hybridized carbons (Fsp3) is 0.727. The number of hydrogen-bond acceptors (Lipinski definition) is 3. The summed E-state index contributed by atoms with van der Waals surface area (Å²) in [4.78, 5) is 12.7. The second-order valence-electron chi connectivity index (χ2n) is 3.81. The van der Waals surface area contributed by atoms with Gasteiger partial charge in [-0.2, -0.15) is 0 Å². The van der Waals surface area contributed by atoms with Crippen molar-refractivity contribution in [1.29, 1.82) is 0 Å². The highest BCUT2D eigenvalue weighted by Gasteiger charge is 2.21. The summed E-state index contributed by atoms with van der Waals surface area (Å²) in [5.74, 6) is -0.776. The van der Waals surface area contributed by atoms with Crippen molar-refractivity contribution >= 4 is 5.97 Å². The predicted molar refractivity (Wildman–Crippen MR) is 57.9 cm³/mol. The molecule has 1 aliphatic heterocycles. The maximum Gasteiger partial charge on any atom is 0.317 e. The van der Waals surface area contributed by atoms with E-state index < -0.39 is 5.97 Å². The van der Waals surface area contributed by atoms with Gasteiger partial charge in [0, 0.05) is 25.8 Å². The molecule has 86 valence electrons. The van der Waals surface area contributed by atoms with Crippen LogP contribution in [0.4, 0.5) is 0 Å². The van der Waals surface area contributed by atoms with Gasteiger partial charge in [-0.05, 0) is 19.3 Å². The minimum Gasteiger partial charge on any atom is -0.480 e. The summed E-state index contributed by atoms with van der Waals surface area (Å²) in [6.07, 6.45) is 4.70. The predicted octanol–water partition coefficient (Wildman–Crippen LogP) is 1.13. The Morgan fingerprint density at radius 2 is 2.33 bits per heavy atom. The molecule has 0 aromatic heterocycles. The summed E-state index contributed by atoms with van der Waals surface area (Å²) >= 11 is 0. The van der Waals surface area contributed by atoms with Crippen molar-refractivity contribution in [3.63, 3.8) is 0 Å². The molecule has 1 N–H and O–H groups in total. The fourth-order valence-corrected chi connectivity index (χ4v) is 1.93. The number of nitrogens with zero attached hydrogens (tertiary/aromatic N) is 1. The number of carbonyl (C=O) groups is 1. The van der Waals surface area contributed by atoms with E-state index >= 15 is 0 Å². The topological polar surface area (TPSA) is 49.8 Å². The molecule has 0 amide bonds. The zero-order chi connectivity index (χ0) is 11.1. The maximum atomic E-state index is 10.7. The van der Waals surface area contributed by atoms with Crippen molar-refractivity contribution in [1.82, 2.24) is 4.90 Å². The minimum absolute atomic E-state index is 0.0939. The second-order valence-corrected chi connectivity index (χ2v) is 3.81. The van der Waals surface area contributed by atoms with Crippen LogP contribution < -0.4 is 0 Å². The lowest BCUT2D eigenvalue weighted by molar-refractivity contribution is -0.138. The highest BCUT2D eigenvalue weighted by molar-refractivity contribution is 5.69. The Morgan fingerprint density at radius 3 is 3.00 bits per heavy atom. The quantitative estimate of drug-likeness (QED) is 0.695. The molecule has 15 heavy (non-hydrogen) atoms. The third-order valence-corrected chi connectivity index (χ3v) is 2.64. The van der Waals surface area contributed by atoms with Crippen LogP contribution in [0.3, 0.4) is 0 Å². The number of carboxylic acids is 1. The molecule has 1 saturated heterocycles. The van der Waals surface area contributed by atoms with Gasteiger partial charge in [-0.25, -0.2) is 0 Å². The van der Waals surface area contributed by atoms with Gasteiger partial charge in [-0.1, -0.05) is 6.08 Å². The molecule has 0 radical (unpaired) electrons. The average molecular weight is 213 g/mol. The van der Waals surface area contributed by atoms with E-state index in [0.717, 1.165) is 32.5 Å². The fourth-order valence-electron chi connectivity index (χ4n) is 1.93. The number of carboxylic acid groups (broad SMARTS) is 1. The molecule has 1 heterocycles. The Labute approximate surface area is 90.5 Å². The Bertz CT molecular complexity index is 210. The number of rotatable bonds is 5. The first-order chi connectivity index (χ1) is 7.24. The Hall–Kier alpha value is -0.870. The van der Waals surface area contributed by atoms with Gasteiger partial charge in [0.05, 0.1) is 6.54 Å². The van der Waals surface area contributed by atoms with Gasteiger partial charge in [0.15, 0.2) is 0 Å². The third kappa shape index (κ3) is 4.44. The highest BCUT2D eigenvalue weighted by Crippen LogP contribution is 2.15. The largest absolute Gasteiger partial charge is 0.480 e. The zero-order valence-electron chi connectivity index (χ0n) is 9.02. The van der Waals surface area contributed by atoms with Gasteiger partial charge >= 0.3 is 5.97 Å². The smallest absolute Gasteiger partial charge is 0.317 e. The van der Waals surface area contributed by atoms with Crippen LogP contribution in [0.15, 0.2) is 12.7 Å². The number of hydrogen-bond donors (Lipinski definition) is 1. The van der Waals surface area contributed by atoms with Gasteiger partial charge in [0.25, 0.3) is 0 Å². The molecule has 4 nitrogen and oxygen atoms in total. The van der Waals surface area contributed by atoms with Crippen LogP contribution >= 0.6 is 0 Å². The molecular weight excluding hydrogens is 194 g/mol. The molecule has 1 unspecified atom stereocenters. The molecule has 0 aromatic rings. The molecule has 0 aromatic carbocycles. The lowest BCUT2D eigenvalue weighted by Crippen LogP contribution is -2.39. The third-order valence-electron chi connectivity index (χ3n) is 2.64. The molecule has 1 atom stereocenters. The van der Waals surface area contributed by atoms with E-state index in [2.05, 4.69) is 6.58 Å². The maximum absolute atomic E-state index is 10.7. The van der Waals surface area contributed by atoms with Gasteiger partial charge in [-0.3, -0.25) is 9.69 Å². The Balaban J connectivity index is 2.51. The summed E-state index contributed by atoms with van der Waals surface area (Å²) in [7, 11) is 0. The van der Waals surface area contributed by atoms with E-state index in [-0.39, 0.29) is 6.54 Å². The van der Waals surface area contributed by atoms with Crippen molar-refractivity contribution in [2.75, 3.05) is 26.3 Å². The zero-order valence-corrected chi connectivity index (χ0v) is 9.02. The summed E-state index contributed by atoms with van der Waals surface area (Å²) in [5, 5.41) is 8.80. The van der Waals surface area contributed by atoms with E-state index in [1.807, 2.05) is 4.90 Å². The standard InChI is InChI=1S/C11H19NO3/c1-2-6-12(9-11(13)14)10-4-3-7-15-8-5-10/h2,10H,1,3-9H2,(H,13,14). The molecule has 0 aliphatic carbocycles. The summed E-state index contributed by atoms with van der Waals surface area (Å²) < 4.78 is 5.36. The number of ether oxygens (including phenoxy) is 1. The van der Waals surface area contributed by atoms with Crippen LogP contribution in [-0.4, -0.2) is 48.3 Å². The SMILES string of the molecule is C=CCN(CC(=O)O)C1CCCOCC1. The monoisotopic (exact) mass is 213 g/mol. The minimum atomic E-state index is -0.776. The lowest BCUT2D eigenvalue weighted by atomic mass is 10.1. The van der Waals surface area contributed by atoms with Crippen molar-refractivity contribution in [3.05, 3.63) is 12.7 Å². The molecule has 4 heteroatoms. The highest BCUT2D eigenvalue weighted by atomic mass is 16.5. The van der Waals surface area contributed by atoms with Crippen LogP contribution in [-0.2, 0) is 9.53 Å². The summed E-state index contributed by atoms with van der Waals surface area (Å²) in [6, 6.07) is 0.321. The van der Waals surface area contributed by atoms with Crippen LogP contribution in [0.5, 0.6) is 0 Å². The van der Waals surface area contributed by atoms with E-state index in [4.69, 9.17) is 9.84 Å². The molecule has 0 spiro atoms. The Kier molecular flexibility index (Phi) is 5.36. The normalized spacial score (nSPS) is 22.3.